The predicted octanol–water partition coefficient (Wildman–Crippen LogP) is 1.74. The summed E-state index contributed by atoms with van der Waals surface area (Å²) in [7, 11) is 0. The Morgan fingerprint density at radius 2 is 2.37 bits per heavy atom. The number of carbonyl (C=O) groups is 1. The molecule has 0 aliphatic rings. The molecule has 0 saturated carbocycles. The second-order valence-corrected chi connectivity index (χ2v) is 4.74. The summed E-state index contributed by atoms with van der Waals surface area (Å²) in [5.74, 6) is -0.276. The number of halogens is 1. The van der Waals surface area contributed by atoms with Gasteiger partial charge in [0, 0.05) is 10.7 Å². The largest absolute Gasteiger partial charge is 0.396 e. The zero-order valence-corrected chi connectivity index (χ0v) is 11.4. The molecule has 6 nitrogen and oxygen atoms in total. The Labute approximate surface area is 118 Å². The van der Waals surface area contributed by atoms with E-state index >= 15 is 0 Å². The topological polar surface area (TPSA) is 96.7 Å². The van der Waals surface area contributed by atoms with Gasteiger partial charge in [-0.1, -0.05) is 15.9 Å². The van der Waals surface area contributed by atoms with Crippen molar-refractivity contribution >= 4 is 33.2 Å². The molecule has 2 rings (SSSR count). The highest BCUT2D eigenvalue weighted by Crippen LogP contribution is 2.20. The highest BCUT2D eigenvalue weighted by atomic mass is 79.9. The highest BCUT2D eigenvalue weighted by Gasteiger charge is 2.08. The molecule has 1 aromatic heterocycles. The van der Waals surface area contributed by atoms with Crippen LogP contribution in [0.1, 0.15) is 5.56 Å². The number of aromatic nitrogens is 2. The molecule has 1 aromatic carbocycles. The lowest BCUT2D eigenvalue weighted by Crippen LogP contribution is -2.19. The lowest BCUT2D eigenvalue weighted by molar-refractivity contribution is -0.116. The second-order valence-electron chi connectivity index (χ2n) is 3.82. The summed E-state index contributed by atoms with van der Waals surface area (Å²) >= 11 is 3.27. The first-order valence-electron chi connectivity index (χ1n) is 5.36. The number of benzene rings is 1. The van der Waals surface area contributed by atoms with Gasteiger partial charge in [-0.05, 0) is 18.2 Å². The van der Waals surface area contributed by atoms with E-state index in [4.69, 9.17) is 11.0 Å². The van der Waals surface area contributed by atoms with Crippen molar-refractivity contribution in [1.82, 2.24) is 9.78 Å². The van der Waals surface area contributed by atoms with E-state index in [1.54, 1.807) is 24.4 Å². The Morgan fingerprint density at radius 3 is 3.00 bits per heavy atom. The maximum Gasteiger partial charge on any atom is 0.246 e. The number of nitrogens with two attached hydrogens (primary N) is 1. The van der Waals surface area contributed by atoms with E-state index in [9.17, 15) is 4.79 Å². The molecule has 0 bridgehead atoms. The molecule has 0 aliphatic heterocycles. The van der Waals surface area contributed by atoms with Crippen molar-refractivity contribution in [1.29, 1.82) is 5.26 Å². The minimum absolute atomic E-state index is 0.0398. The number of nitriles is 1. The average molecular weight is 320 g/mol. The van der Waals surface area contributed by atoms with Crippen LogP contribution in [0.4, 0.5) is 11.4 Å². The minimum atomic E-state index is -0.276. The van der Waals surface area contributed by atoms with E-state index in [1.165, 1.54) is 10.9 Å². The van der Waals surface area contributed by atoms with Gasteiger partial charge >= 0.3 is 0 Å². The van der Waals surface area contributed by atoms with E-state index < -0.39 is 0 Å². The average Bonchev–Trinajstić information content (AvgIpc) is 2.76. The van der Waals surface area contributed by atoms with Gasteiger partial charge in [-0.25, -0.2) is 0 Å². The van der Waals surface area contributed by atoms with E-state index in [0.29, 0.717) is 16.9 Å². The third-order valence-corrected chi connectivity index (χ3v) is 2.83. The maximum atomic E-state index is 11.8. The standard InChI is InChI=1S/C12H10BrN5O/c13-9-1-2-11(8(3-9)4-14)17-12(19)7-18-6-10(15)5-16-18/h1-3,5-6H,7,15H2,(H,17,19). The number of carbonyl (C=O) groups excluding carboxylic acids is 1. The summed E-state index contributed by atoms with van der Waals surface area (Å²) in [6.45, 7) is 0.0398. The van der Waals surface area contributed by atoms with Crippen molar-refractivity contribution in [2.45, 2.75) is 6.54 Å². The number of amides is 1. The number of nitrogens with one attached hydrogen (secondary N) is 1. The molecule has 1 heterocycles. The molecule has 2 aromatic rings. The summed E-state index contributed by atoms with van der Waals surface area (Å²) in [4.78, 5) is 11.8. The van der Waals surface area contributed by atoms with Gasteiger partial charge in [0.2, 0.25) is 5.91 Å². The summed E-state index contributed by atoms with van der Waals surface area (Å²) in [6.07, 6.45) is 3.03. The van der Waals surface area contributed by atoms with Gasteiger partial charge in [-0.15, -0.1) is 0 Å². The number of rotatable bonds is 3. The molecule has 7 heteroatoms. The smallest absolute Gasteiger partial charge is 0.246 e. The fourth-order valence-electron chi connectivity index (χ4n) is 1.52. The molecule has 0 aliphatic carbocycles. The quantitative estimate of drug-likeness (QED) is 0.900. The van der Waals surface area contributed by atoms with Crippen molar-refractivity contribution in [2.75, 3.05) is 11.1 Å². The van der Waals surface area contributed by atoms with Crippen molar-refractivity contribution in [2.24, 2.45) is 0 Å². The fraction of sp³-hybridized carbons (Fsp3) is 0.0833. The van der Waals surface area contributed by atoms with Crippen molar-refractivity contribution in [3.63, 3.8) is 0 Å². The van der Waals surface area contributed by atoms with Crippen LogP contribution in [0.3, 0.4) is 0 Å². The number of anilines is 2. The Hall–Kier alpha value is -2.33. The monoisotopic (exact) mass is 319 g/mol. The van der Waals surface area contributed by atoms with Gasteiger partial charge in [0.25, 0.3) is 0 Å². The zero-order chi connectivity index (χ0) is 13.8. The molecule has 0 unspecified atom stereocenters. The number of hydrogen-bond acceptors (Lipinski definition) is 4. The Bertz CT molecular complexity index is 658. The van der Waals surface area contributed by atoms with E-state index in [-0.39, 0.29) is 12.5 Å². The SMILES string of the molecule is N#Cc1cc(Br)ccc1NC(=O)Cn1cc(N)cn1. The fourth-order valence-corrected chi connectivity index (χ4v) is 1.88. The van der Waals surface area contributed by atoms with Crippen molar-refractivity contribution < 1.29 is 4.79 Å². The van der Waals surface area contributed by atoms with Gasteiger partial charge < -0.3 is 11.1 Å². The number of nitrogens with zero attached hydrogens (tertiary/aromatic N) is 3. The lowest BCUT2D eigenvalue weighted by Gasteiger charge is -2.07. The first kappa shape index (κ1) is 13.1. The maximum absolute atomic E-state index is 11.8. The summed E-state index contributed by atoms with van der Waals surface area (Å²) < 4.78 is 2.21. The van der Waals surface area contributed by atoms with Gasteiger partial charge in [0.1, 0.15) is 12.6 Å². The first-order chi connectivity index (χ1) is 9.08. The number of nitrogen functional groups attached to an aromatic ring is 1. The Morgan fingerprint density at radius 1 is 1.58 bits per heavy atom. The molecule has 96 valence electrons. The molecule has 3 N–H and O–H groups in total. The molecule has 0 fully saturated rings. The summed E-state index contributed by atoms with van der Waals surface area (Å²) in [5.41, 5.74) is 6.86. The van der Waals surface area contributed by atoms with Crippen LogP contribution < -0.4 is 11.1 Å². The molecular formula is C12H10BrN5O. The van der Waals surface area contributed by atoms with Crippen molar-refractivity contribution in [3.05, 3.63) is 40.6 Å². The second kappa shape index (κ2) is 5.54. The summed E-state index contributed by atoms with van der Waals surface area (Å²) in [5, 5.41) is 15.6. The molecule has 0 radical (unpaired) electrons. The van der Waals surface area contributed by atoms with E-state index in [0.717, 1.165) is 4.47 Å². The summed E-state index contributed by atoms with van der Waals surface area (Å²) in [6, 6.07) is 7.08. The van der Waals surface area contributed by atoms with Crippen LogP contribution in [0.15, 0.2) is 35.1 Å². The molecule has 1 amide bonds. The lowest BCUT2D eigenvalue weighted by atomic mass is 10.2. The van der Waals surface area contributed by atoms with E-state index in [2.05, 4.69) is 26.3 Å². The van der Waals surface area contributed by atoms with Crippen LogP contribution in [0, 0.1) is 11.3 Å². The third-order valence-electron chi connectivity index (χ3n) is 2.33. The van der Waals surface area contributed by atoms with Crippen LogP contribution in [0.2, 0.25) is 0 Å². The molecule has 0 saturated heterocycles. The predicted molar refractivity (Wildman–Crippen MR) is 74.1 cm³/mol. The highest BCUT2D eigenvalue weighted by molar-refractivity contribution is 9.10. The van der Waals surface area contributed by atoms with Gasteiger partial charge in [-0.3, -0.25) is 9.48 Å². The molecule has 0 spiro atoms. The zero-order valence-electron chi connectivity index (χ0n) is 9.80. The minimum Gasteiger partial charge on any atom is -0.396 e. The van der Waals surface area contributed by atoms with Crippen LogP contribution in [0.25, 0.3) is 0 Å². The first-order valence-corrected chi connectivity index (χ1v) is 6.15. The van der Waals surface area contributed by atoms with Gasteiger partial charge in [0.15, 0.2) is 0 Å². The van der Waals surface area contributed by atoms with Gasteiger partial charge in [0.05, 0.1) is 23.1 Å². The Balaban J connectivity index is 2.09. The van der Waals surface area contributed by atoms with Gasteiger partial charge in [-0.2, -0.15) is 10.4 Å². The third kappa shape index (κ3) is 3.33. The van der Waals surface area contributed by atoms with E-state index in [1.807, 2.05) is 6.07 Å². The van der Waals surface area contributed by atoms with Crippen LogP contribution >= 0.6 is 15.9 Å². The van der Waals surface area contributed by atoms with Crippen LogP contribution in [0.5, 0.6) is 0 Å². The molecular weight excluding hydrogens is 310 g/mol. The Kier molecular flexibility index (Phi) is 3.82. The van der Waals surface area contributed by atoms with Crippen LogP contribution in [-0.2, 0) is 11.3 Å². The van der Waals surface area contributed by atoms with Crippen molar-refractivity contribution in [3.8, 4) is 6.07 Å². The normalized spacial score (nSPS) is 9.89. The van der Waals surface area contributed by atoms with Crippen LogP contribution in [-0.4, -0.2) is 15.7 Å². The molecule has 0 atom stereocenters. The number of hydrogen-bond donors (Lipinski definition) is 2. The molecule has 19 heavy (non-hydrogen) atoms.